The molecule has 0 aliphatic carbocycles. The number of carbonyl (C=O) groups is 3. The molecule has 7 heteroatoms. The molecule has 6 nitrogen and oxygen atoms in total. The average molecular weight is 397 g/mol. The summed E-state index contributed by atoms with van der Waals surface area (Å²) in [5, 5.41) is 1.78. The van der Waals surface area contributed by atoms with Gasteiger partial charge in [0.15, 0.2) is 0 Å². The third kappa shape index (κ3) is 2.93. The van der Waals surface area contributed by atoms with Crippen molar-refractivity contribution in [1.82, 2.24) is 4.90 Å². The molecule has 2 aromatic carbocycles. The number of hydrogen-bond acceptors (Lipinski definition) is 4. The van der Waals surface area contributed by atoms with Crippen LogP contribution in [0.15, 0.2) is 54.6 Å². The van der Waals surface area contributed by atoms with Gasteiger partial charge in [0.05, 0.1) is 7.11 Å². The highest BCUT2D eigenvalue weighted by atomic mass is 19.1. The first-order chi connectivity index (χ1) is 13.9. The molecule has 4 rings (SSSR count). The highest BCUT2D eigenvalue weighted by Crippen LogP contribution is 2.45. The van der Waals surface area contributed by atoms with Crippen LogP contribution in [0.1, 0.15) is 17.2 Å². The van der Waals surface area contributed by atoms with Crippen LogP contribution >= 0.6 is 0 Å². The Kier molecular flexibility index (Phi) is 4.70. The van der Waals surface area contributed by atoms with Gasteiger partial charge in [-0.1, -0.05) is 42.5 Å². The number of esters is 1. The summed E-state index contributed by atoms with van der Waals surface area (Å²) in [6, 6.07) is 14.7. The highest BCUT2D eigenvalue weighted by Gasteiger charge is 2.71. The molecule has 0 unspecified atom stereocenters. The lowest BCUT2D eigenvalue weighted by atomic mass is 9.76. The lowest BCUT2D eigenvalue weighted by Gasteiger charge is -2.29. The minimum Gasteiger partial charge on any atom is -0.464 e. The highest BCUT2D eigenvalue weighted by molar-refractivity contribution is 6.08. The van der Waals surface area contributed by atoms with Gasteiger partial charge in [0, 0.05) is 19.0 Å². The maximum Gasteiger partial charge on any atom is 0.369 e. The van der Waals surface area contributed by atoms with Crippen molar-refractivity contribution >= 4 is 17.8 Å². The zero-order valence-electron chi connectivity index (χ0n) is 16.2. The summed E-state index contributed by atoms with van der Waals surface area (Å²) in [5.41, 5.74) is 0.274. The fraction of sp³-hybridized carbons (Fsp3) is 0.318. The Bertz CT molecular complexity index is 963. The topological polar surface area (TPSA) is 80.3 Å². The van der Waals surface area contributed by atoms with Crippen LogP contribution in [-0.2, 0) is 25.5 Å². The molecule has 0 aromatic heterocycles. The zero-order chi connectivity index (χ0) is 20.8. The van der Waals surface area contributed by atoms with E-state index < -0.39 is 35.2 Å². The van der Waals surface area contributed by atoms with E-state index in [4.69, 9.17) is 4.74 Å². The van der Waals surface area contributed by atoms with Crippen LogP contribution in [0.3, 0.4) is 0 Å². The van der Waals surface area contributed by atoms with Gasteiger partial charge in [-0.15, -0.1) is 0 Å². The Morgan fingerprint density at radius 2 is 1.76 bits per heavy atom. The molecule has 0 bridgehead atoms. The van der Waals surface area contributed by atoms with Crippen LogP contribution in [-0.4, -0.2) is 42.4 Å². The van der Waals surface area contributed by atoms with Gasteiger partial charge in [-0.3, -0.25) is 14.5 Å². The van der Waals surface area contributed by atoms with Crippen LogP contribution in [0, 0.1) is 17.7 Å². The maximum absolute atomic E-state index is 13.5. The number of hydrogen-bond donors (Lipinski definition) is 1. The molecule has 29 heavy (non-hydrogen) atoms. The largest absolute Gasteiger partial charge is 0.464 e. The van der Waals surface area contributed by atoms with Gasteiger partial charge >= 0.3 is 5.97 Å². The normalized spacial score (nSPS) is 28.5. The smallest absolute Gasteiger partial charge is 0.369 e. The second kappa shape index (κ2) is 7.08. The number of imide groups is 1. The quantitative estimate of drug-likeness (QED) is 0.612. The number of carbonyl (C=O) groups excluding carboxylic acids is 3. The zero-order valence-corrected chi connectivity index (χ0v) is 16.2. The molecular formula is C22H22FN2O4+. The summed E-state index contributed by atoms with van der Waals surface area (Å²) in [5.74, 6) is -3.23. The van der Waals surface area contributed by atoms with E-state index in [9.17, 15) is 18.8 Å². The number of fused-ring (bicyclic) bond motifs is 1. The lowest BCUT2D eigenvalue weighted by Crippen LogP contribution is -2.98. The number of halogens is 1. The van der Waals surface area contributed by atoms with E-state index in [2.05, 4.69) is 0 Å². The number of nitrogens with two attached hydrogens (primary N) is 1. The molecule has 2 aliphatic heterocycles. The summed E-state index contributed by atoms with van der Waals surface area (Å²) in [6.07, 6.45) is 0.242. The number of ether oxygens (including phenoxy) is 1. The number of benzene rings is 2. The second-order valence-electron chi connectivity index (χ2n) is 7.68. The Labute approximate surface area is 167 Å². The molecule has 2 heterocycles. The van der Waals surface area contributed by atoms with Gasteiger partial charge in [-0.05, 0) is 17.7 Å². The van der Waals surface area contributed by atoms with Gasteiger partial charge in [-0.2, -0.15) is 0 Å². The number of amides is 2. The molecule has 2 amide bonds. The summed E-state index contributed by atoms with van der Waals surface area (Å²) in [6.45, 7) is 0. The van der Waals surface area contributed by atoms with Crippen LogP contribution in [0.5, 0.6) is 0 Å². The molecule has 0 radical (unpaired) electrons. The summed E-state index contributed by atoms with van der Waals surface area (Å²) in [7, 11) is 2.73. The van der Waals surface area contributed by atoms with E-state index >= 15 is 0 Å². The van der Waals surface area contributed by atoms with Crippen LogP contribution in [0.25, 0.3) is 0 Å². The van der Waals surface area contributed by atoms with Crippen LogP contribution in [0.4, 0.5) is 4.39 Å². The van der Waals surface area contributed by atoms with E-state index in [1.54, 1.807) is 17.4 Å². The fourth-order valence-corrected chi connectivity index (χ4v) is 4.81. The van der Waals surface area contributed by atoms with Gasteiger partial charge in [-0.25, -0.2) is 9.18 Å². The molecular weight excluding hydrogens is 375 g/mol. The number of quaternary nitrogens is 1. The number of rotatable bonds is 4. The maximum atomic E-state index is 13.5. The molecule has 2 N–H and O–H groups in total. The van der Waals surface area contributed by atoms with Gasteiger partial charge in [0.1, 0.15) is 23.7 Å². The van der Waals surface area contributed by atoms with Gasteiger partial charge in [0.2, 0.25) is 17.4 Å². The van der Waals surface area contributed by atoms with Crippen LogP contribution < -0.4 is 5.32 Å². The number of methoxy groups -OCH3 is 1. The van der Waals surface area contributed by atoms with Crippen molar-refractivity contribution < 1.29 is 28.8 Å². The van der Waals surface area contributed by atoms with Crippen LogP contribution in [0.2, 0.25) is 0 Å². The molecule has 0 saturated carbocycles. The van der Waals surface area contributed by atoms with E-state index in [1.165, 1.54) is 26.3 Å². The second-order valence-corrected chi connectivity index (χ2v) is 7.68. The van der Waals surface area contributed by atoms with E-state index in [0.717, 1.165) is 10.5 Å². The Morgan fingerprint density at radius 3 is 2.38 bits per heavy atom. The summed E-state index contributed by atoms with van der Waals surface area (Å²) < 4.78 is 18.6. The van der Waals surface area contributed by atoms with Crippen molar-refractivity contribution in [2.45, 2.75) is 18.0 Å². The summed E-state index contributed by atoms with van der Waals surface area (Å²) >= 11 is 0. The average Bonchev–Trinajstić information content (AvgIpc) is 3.19. The fourth-order valence-electron chi connectivity index (χ4n) is 4.81. The number of nitrogens with zero attached hydrogens (tertiary/aromatic N) is 1. The standard InChI is InChI=1S/C22H21FN2O4/c1-25-19(26)16-17(20(25)27)22(21(28)29-2,12-13-6-4-3-5-7-13)24-18(16)14-8-10-15(23)11-9-14/h3-11,16-18,24H,12H2,1-2H3/p+1/t16-,17+,18+,22+/m0/s1. The third-order valence-corrected chi connectivity index (χ3v) is 6.15. The van der Waals surface area contributed by atoms with Gasteiger partial charge in [0.25, 0.3) is 0 Å². The van der Waals surface area contributed by atoms with E-state index in [1.807, 2.05) is 30.3 Å². The minimum atomic E-state index is -1.28. The van der Waals surface area contributed by atoms with Crippen molar-refractivity contribution in [3.05, 3.63) is 71.5 Å². The molecule has 2 aliphatic rings. The van der Waals surface area contributed by atoms with Crippen molar-refractivity contribution in [2.75, 3.05) is 14.2 Å². The third-order valence-electron chi connectivity index (χ3n) is 6.15. The molecule has 4 atom stereocenters. The first-order valence-corrected chi connectivity index (χ1v) is 9.44. The molecule has 0 spiro atoms. The van der Waals surface area contributed by atoms with E-state index in [-0.39, 0.29) is 18.2 Å². The predicted octanol–water partition coefficient (Wildman–Crippen LogP) is 0.829. The van der Waals surface area contributed by atoms with Crippen molar-refractivity contribution in [3.63, 3.8) is 0 Å². The molecule has 2 saturated heterocycles. The monoisotopic (exact) mass is 397 g/mol. The Balaban J connectivity index is 1.85. The first-order valence-electron chi connectivity index (χ1n) is 9.44. The van der Waals surface area contributed by atoms with Gasteiger partial charge < -0.3 is 10.1 Å². The van der Waals surface area contributed by atoms with Crippen molar-refractivity contribution in [3.8, 4) is 0 Å². The molecule has 2 aromatic rings. The van der Waals surface area contributed by atoms with Crippen molar-refractivity contribution in [1.29, 1.82) is 0 Å². The lowest BCUT2D eigenvalue weighted by molar-refractivity contribution is -0.734. The summed E-state index contributed by atoms with van der Waals surface area (Å²) in [4.78, 5) is 40.2. The molecule has 150 valence electrons. The van der Waals surface area contributed by atoms with E-state index in [0.29, 0.717) is 5.56 Å². The first kappa shape index (κ1) is 19.3. The Hall–Kier alpha value is -3.06. The molecule has 2 fully saturated rings. The SMILES string of the molecule is COC(=O)[C@]1(Cc2ccccc2)[NH2+][C@H](c2ccc(F)cc2)[C@H]2C(=O)N(C)C(=O)[C@@H]21. The van der Waals surface area contributed by atoms with Crippen molar-refractivity contribution in [2.24, 2.45) is 11.8 Å². The number of likely N-dealkylation sites (tertiary alicyclic amines) is 1. The minimum absolute atomic E-state index is 0.242. The predicted molar refractivity (Wildman–Crippen MR) is 101 cm³/mol. The Morgan fingerprint density at radius 1 is 1.10 bits per heavy atom.